The monoisotopic (exact) mass is 342 g/mol. The van der Waals surface area contributed by atoms with Crippen LogP contribution in [0, 0.1) is 6.92 Å². The van der Waals surface area contributed by atoms with Crippen molar-refractivity contribution in [3.05, 3.63) is 40.4 Å². The van der Waals surface area contributed by atoms with Crippen molar-refractivity contribution in [2.45, 2.75) is 26.9 Å². The number of hydrogen-bond donors (Lipinski definition) is 0. The number of amides is 1. The Morgan fingerprint density at radius 3 is 2.22 bits per heavy atom. The molecule has 1 aromatic carbocycles. The minimum Gasteiger partial charge on any atom is -0.338 e. The van der Waals surface area contributed by atoms with E-state index in [0.29, 0.717) is 34.2 Å². The number of alkyl halides is 3. The van der Waals surface area contributed by atoms with E-state index in [1.165, 1.54) is 23.5 Å². The summed E-state index contributed by atoms with van der Waals surface area (Å²) in [6, 6.07) is 4.81. The minimum atomic E-state index is -4.36. The number of thiazole rings is 1. The van der Waals surface area contributed by atoms with Gasteiger partial charge in [-0.05, 0) is 32.9 Å². The molecule has 1 aromatic heterocycles. The van der Waals surface area contributed by atoms with Crippen LogP contribution in [0.2, 0.25) is 0 Å². The molecule has 2 aromatic rings. The first-order chi connectivity index (χ1) is 10.8. The molecule has 0 aliphatic heterocycles. The van der Waals surface area contributed by atoms with Crippen LogP contribution in [0.25, 0.3) is 10.6 Å². The Morgan fingerprint density at radius 2 is 1.74 bits per heavy atom. The van der Waals surface area contributed by atoms with Crippen LogP contribution in [0.4, 0.5) is 13.2 Å². The summed E-state index contributed by atoms with van der Waals surface area (Å²) in [6.45, 7) is 6.73. The normalized spacial score (nSPS) is 11.6. The quantitative estimate of drug-likeness (QED) is 0.812. The highest BCUT2D eigenvalue weighted by atomic mass is 32.1. The van der Waals surface area contributed by atoms with Gasteiger partial charge in [-0.3, -0.25) is 4.79 Å². The smallest absolute Gasteiger partial charge is 0.338 e. The van der Waals surface area contributed by atoms with Crippen LogP contribution in [-0.2, 0) is 6.18 Å². The van der Waals surface area contributed by atoms with Crippen molar-refractivity contribution >= 4 is 17.2 Å². The third-order valence-corrected chi connectivity index (χ3v) is 4.70. The van der Waals surface area contributed by atoms with Gasteiger partial charge in [0.05, 0.1) is 11.3 Å². The summed E-state index contributed by atoms with van der Waals surface area (Å²) in [6.07, 6.45) is -4.36. The predicted octanol–water partition coefficient (Wildman–Crippen LogP) is 4.62. The number of carbonyl (C=O) groups excluding carboxylic acids is 1. The van der Waals surface area contributed by atoms with E-state index in [4.69, 9.17) is 0 Å². The lowest BCUT2D eigenvalue weighted by Gasteiger charge is -2.17. The fraction of sp³-hybridized carbons (Fsp3) is 0.375. The van der Waals surface area contributed by atoms with Gasteiger partial charge in [-0.25, -0.2) is 4.98 Å². The Hall–Kier alpha value is -1.89. The molecule has 0 aliphatic carbocycles. The molecule has 124 valence electrons. The molecule has 0 bridgehead atoms. The molecule has 1 amide bonds. The van der Waals surface area contributed by atoms with E-state index in [1.807, 2.05) is 13.8 Å². The SMILES string of the molecule is CCN(CC)C(=O)c1sc(-c2ccc(C(F)(F)F)cc2)nc1C. The van der Waals surface area contributed by atoms with E-state index in [9.17, 15) is 18.0 Å². The first-order valence-electron chi connectivity index (χ1n) is 7.22. The predicted molar refractivity (Wildman–Crippen MR) is 84.5 cm³/mol. The number of aryl methyl sites for hydroxylation is 1. The average Bonchev–Trinajstić information content (AvgIpc) is 2.89. The Balaban J connectivity index is 2.32. The lowest BCUT2D eigenvalue weighted by Crippen LogP contribution is -2.30. The van der Waals surface area contributed by atoms with Crippen LogP contribution < -0.4 is 0 Å². The Labute approximate surface area is 136 Å². The molecule has 2 rings (SSSR count). The Kier molecular flexibility index (Phi) is 5.09. The zero-order valence-corrected chi connectivity index (χ0v) is 13.9. The van der Waals surface area contributed by atoms with Crippen LogP contribution in [0.3, 0.4) is 0 Å². The van der Waals surface area contributed by atoms with Crippen molar-refractivity contribution < 1.29 is 18.0 Å². The molecule has 3 nitrogen and oxygen atoms in total. The minimum absolute atomic E-state index is 0.0943. The van der Waals surface area contributed by atoms with Crippen molar-refractivity contribution in [2.24, 2.45) is 0 Å². The maximum absolute atomic E-state index is 12.6. The number of rotatable bonds is 4. The highest BCUT2D eigenvalue weighted by molar-refractivity contribution is 7.17. The summed E-state index contributed by atoms with van der Waals surface area (Å²) >= 11 is 1.21. The standard InChI is InChI=1S/C16H17F3N2OS/c1-4-21(5-2)15(22)13-10(3)20-14(23-13)11-6-8-12(9-7-11)16(17,18)19/h6-9H,4-5H2,1-3H3. The maximum Gasteiger partial charge on any atom is 0.416 e. The lowest BCUT2D eigenvalue weighted by atomic mass is 10.1. The molecule has 7 heteroatoms. The number of benzene rings is 1. The van der Waals surface area contributed by atoms with Crippen LogP contribution in [-0.4, -0.2) is 28.9 Å². The van der Waals surface area contributed by atoms with Gasteiger partial charge in [-0.15, -0.1) is 11.3 Å². The Morgan fingerprint density at radius 1 is 1.17 bits per heavy atom. The number of aromatic nitrogens is 1. The largest absolute Gasteiger partial charge is 0.416 e. The van der Waals surface area contributed by atoms with Gasteiger partial charge >= 0.3 is 6.18 Å². The van der Waals surface area contributed by atoms with Crippen LogP contribution in [0.15, 0.2) is 24.3 Å². The van der Waals surface area contributed by atoms with Gasteiger partial charge in [0.1, 0.15) is 9.88 Å². The van der Waals surface area contributed by atoms with E-state index < -0.39 is 11.7 Å². The molecule has 1 heterocycles. The molecule has 23 heavy (non-hydrogen) atoms. The number of carbonyl (C=O) groups is 1. The zero-order valence-electron chi connectivity index (χ0n) is 13.1. The summed E-state index contributed by atoms with van der Waals surface area (Å²) in [5.41, 5.74) is 0.473. The molecule has 0 N–H and O–H groups in total. The number of halogens is 3. The molecule has 0 radical (unpaired) electrons. The fourth-order valence-corrected chi connectivity index (χ4v) is 3.21. The lowest BCUT2D eigenvalue weighted by molar-refractivity contribution is -0.137. The van der Waals surface area contributed by atoms with Gasteiger partial charge in [0, 0.05) is 18.7 Å². The van der Waals surface area contributed by atoms with Crippen molar-refractivity contribution in [1.82, 2.24) is 9.88 Å². The van der Waals surface area contributed by atoms with Crippen LogP contribution >= 0.6 is 11.3 Å². The molecule has 0 spiro atoms. The van der Waals surface area contributed by atoms with Crippen LogP contribution in [0.1, 0.15) is 34.8 Å². The van der Waals surface area contributed by atoms with Gasteiger partial charge in [0.15, 0.2) is 0 Å². The molecular weight excluding hydrogens is 325 g/mol. The number of nitrogens with zero attached hydrogens (tertiary/aromatic N) is 2. The molecule has 0 unspecified atom stereocenters. The van der Waals surface area contributed by atoms with Crippen molar-refractivity contribution in [1.29, 1.82) is 0 Å². The highest BCUT2D eigenvalue weighted by Crippen LogP contribution is 2.33. The second-order valence-electron chi connectivity index (χ2n) is 4.99. The third kappa shape index (κ3) is 3.72. The van der Waals surface area contributed by atoms with Crippen molar-refractivity contribution in [3.63, 3.8) is 0 Å². The topological polar surface area (TPSA) is 33.2 Å². The van der Waals surface area contributed by atoms with Gasteiger partial charge < -0.3 is 4.90 Å². The first-order valence-corrected chi connectivity index (χ1v) is 8.03. The van der Waals surface area contributed by atoms with Crippen molar-refractivity contribution in [2.75, 3.05) is 13.1 Å². The first kappa shape index (κ1) is 17.5. The van der Waals surface area contributed by atoms with Gasteiger partial charge in [0.2, 0.25) is 0 Å². The van der Waals surface area contributed by atoms with Crippen LogP contribution in [0.5, 0.6) is 0 Å². The molecule has 0 saturated carbocycles. The van der Waals surface area contributed by atoms with Crippen molar-refractivity contribution in [3.8, 4) is 10.6 Å². The van der Waals surface area contributed by atoms with E-state index in [2.05, 4.69) is 4.98 Å². The summed E-state index contributed by atoms with van der Waals surface area (Å²) in [5.74, 6) is -0.0943. The van der Waals surface area contributed by atoms with E-state index in [0.717, 1.165) is 12.1 Å². The average molecular weight is 342 g/mol. The molecule has 0 aliphatic rings. The Bertz CT molecular complexity index is 688. The number of hydrogen-bond acceptors (Lipinski definition) is 3. The van der Waals surface area contributed by atoms with Gasteiger partial charge in [-0.2, -0.15) is 13.2 Å². The zero-order chi connectivity index (χ0) is 17.2. The summed E-state index contributed by atoms with van der Waals surface area (Å²) < 4.78 is 37.8. The fourth-order valence-electron chi connectivity index (χ4n) is 2.17. The summed E-state index contributed by atoms with van der Waals surface area (Å²) in [7, 11) is 0. The van der Waals surface area contributed by atoms with Gasteiger partial charge in [0.25, 0.3) is 5.91 Å². The molecule has 0 atom stereocenters. The highest BCUT2D eigenvalue weighted by Gasteiger charge is 2.30. The van der Waals surface area contributed by atoms with Gasteiger partial charge in [-0.1, -0.05) is 12.1 Å². The van der Waals surface area contributed by atoms with E-state index in [-0.39, 0.29) is 5.91 Å². The maximum atomic E-state index is 12.6. The van der Waals surface area contributed by atoms with E-state index in [1.54, 1.807) is 11.8 Å². The second kappa shape index (κ2) is 6.70. The van der Waals surface area contributed by atoms with E-state index >= 15 is 0 Å². The summed E-state index contributed by atoms with van der Waals surface area (Å²) in [4.78, 5) is 19.0. The second-order valence-corrected chi connectivity index (χ2v) is 5.99. The third-order valence-electron chi connectivity index (χ3n) is 3.50. The molecular formula is C16H17F3N2OS. The molecule has 0 fully saturated rings. The summed E-state index contributed by atoms with van der Waals surface area (Å²) in [5, 5.41) is 0.548. The molecule has 0 saturated heterocycles.